The van der Waals surface area contributed by atoms with Gasteiger partial charge in [0, 0.05) is 21.6 Å². The van der Waals surface area contributed by atoms with E-state index >= 15 is 0 Å². The molecular weight excluding hydrogens is 486 g/mol. The van der Waals surface area contributed by atoms with Crippen LogP contribution in [0.5, 0.6) is 0 Å². The second-order valence-electron chi connectivity index (χ2n) is 9.83. The van der Waals surface area contributed by atoms with Gasteiger partial charge in [-0.25, -0.2) is 0 Å². The van der Waals surface area contributed by atoms with E-state index in [2.05, 4.69) is 41.2 Å². The molecule has 3 heterocycles. The van der Waals surface area contributed by atoms with Gasteiger partial charge in [-0.2, -0.15) is 0 Å². The van der Waals surface area contributed by atoms with Crippen molar-refractivity contribution >= 4 is 29.0 Å². The molecule has 0 amide bonds. The highest BCUT2D eigenvalue weighted by atomic mass is 32.1. The van der Waals surface area contributed by atoms with Crippen molar-refractivity contribution < 1.29 is 9.53 Å². The number of esters is 1. The minimum Gasteiger partial charge on any atom is -0.460 e. The van der Waals surface area contributed by atoms with Gasteiger partial charge in [-0.05, 0) is 59.2 Å². The largest absolute Gasteiger partial charge is 0.460 e. The highest BCUT2D eigenvalue weighted by Crippen LogP contribution is 2.39. The molecule has 1 atom stereocenters. The second kappa shape index (κ2) is 10.2. The van der Waals surface area contributed by atoms with E-state index in [0.717, 1.165) is 38.8 Å². The van der Waals surface area contributed by atoms with Gasteiger partial charge in [-0.15, -0.1) is 21.5 Å². The summed E-state index contributed by atoms with van der Waals surface area (Å²) in [6.07, 6.45) is 0.0541. The van der Waals surface area contributed by atoms with E-state index in [1.165, 1.54) is 4.88 Å². The first-order valence-electron chi connectivity index (χ1n) is 11.9. The zero-order valence-corrected chi connectivity index (χ0v) is 22.7. The Labute approximate surface area is 220 Å². The lowest BCUT2D eigenvalue weighted by Gasteiger charge is -2.21. The van der Waals surface area contributed by atoms with Gasteiger partial charge in [0.15, 0.2) is 11.8 Å². The number of ether oxygens (including phenoxy) is 1. The van der Waals surface area contributed by atoms with Crippen molar-refractivity contribution in [2.24, 2.45) is 10.7 Å². The fourth-order valence-electron chi connectivity index (χ4n) is 4.06. The Bertz CT molecular complexity index is 1450. The molecule has 9 nitrogen and oxygen atoms in total. The molecule has 0 saturated heterocycles. The molecule has 37 heavy (non-hydrogen) atoms. The van der Waals surface area contributed by atoms with Gasteiger partial charge in [0.05, 0.1) is 18.7 Å². The molecule has 10 heteroatoms. The van der Waals surface area contributed by atoms with Crippen molar-refractivity contribution in [2.75, 3.05) is 6.54 Å². The van der Waals surface area contributed by atoms with Gasteiger partial charge < -0.3 is 15.8 Å². The van der Waals surface area contributed by atoms with Crippen LogP contribution in [-0.4, -0.2) is 44.6 Å². The zero-order valence-electron chi connectivity index (χ0n) is 21.9. The number of hydrogen-bond donors (Lipinski definition) is 3. The SMILES string of the molecule is Cc1sc2c(c1C)C(c1ccc(C#CCNC(=N)N)cc1)=N[C@@H](CC(=O)OC(C)(C)C)c1nnc(C)n1-2. The Morgan fingerprint density at radius 2 is 1.92 bits per heavy atom. The third-order valence-electron chi connectivity index (χ3n) is 5.78. The van der Waals surface area contributed by atoms with E-state index in [4.69, 9.17) is 20.9 Å². The Morgan fingerprint density at radius 3 is 2.57 bits per heavy atom. The summed E-state index contributed by atoms with van der Waals surface area (Å²) in [6, 6.07) is 7.29. The molecule has 192 valence electrons. The minimum atomic E-state index is -0.596. The van der Waals surface area contributed by atoms with Gasteiger partial charge in [-0.3, -0.25) is 19.8 Å². The van der Waals surface area contributed by atoms with Gasteiger partial charge in [0.25, 0.3) is 0 Å². The monoisotopic (exact) mass is 517 g/mol. The molecule has 0 unspecified atom stereocenters. The summed E-state index contributed by atoms with van der Waals surface area (Å²) in [5.41, 5.74) is 9.40. The van der Waals surface area contributed by atoms with E-state index in [9.17, 15) is 4.79 Å². The number of aromatic nitrogens is 3. The Balaban J connectivity index is 1.79. The summed E-state index contributed by atoms with van der Waals surface area (Å²) >= 11 is 1.67. The summed E-state index contributed by atoms with van der Waals surface area (Å²) in [6.45, 7) is 11.9. The lowest BCUT2D eigenvalue weighted by molar-refractivity contribution is -0.155. The third-order valence-corrected chi connectivity index (χ3v) is 6.97. The average Bonchev–Trinajstić information content (AvgIpc) is 3.28. The van der Waals surface area contributed by atoms with E-state index in [0.29, 0.717) is 12.4 Å². The maximum Gasteiger partial charge on any atom is 0.308 e. The number of fused-ring (bicyclic) bond motifs is 3. The van der Waals surface area contributed by atoms with Gasteiger partial charge >= 0.3 is 5.97 Å². The standard InChI is InChI=1S/C27H31N7O2S/c1-15-16(2)37-25-22(15)23(19-11-9-18(10-12-19)8-7-13-30-26(28)29)31-20(14-21(35)36-27(4,5)6)24-33-32-17(3)34(24)25/h9-12,20H,13-14H2,1-6H3,(H4,28,29,30)/t20-/m0/s1. The van der Waals surface area contributed by atoms with E-state index in [1.54, 1.807) is 11.3 Å². The summed E-state index contributed by atoms with van der Waals surface area (Å²) in [5.74, 6) is 6.94. The van der Waals surface area contributed by atoms with Gasteiger partial charge in [-0.1, -0.05) is 24.0 Å². The van der Waals surface area contributed by atoms with E-state index in [-0.39, 0.29) is 18.3 Å². The molecule has 1 aliphatic heterocycles. The highest BCUT2D eigenvalue weighted by molar-refractivity contribution is 7.15. The lowest BCUT2D eigenvalue weighted by atomic mass is 9.98. The quantitative estimate of drug-likeness (QED) is 0.209. The number of carbonyl (C=O) groups excluding carboxylic acids is 1. The fraction of sp³-hybridized carbons (Fsp3) is 0.370. The zero-order chi connectivity index (χ0) is 26.9. The molecule has 4 rings (SSSR count). The van der Waals surface area contributed by atoms with Crippen LogP contribution in [0.2, 0.25) is 0 Å². The summed E-state index contributed by atoms with van der Waals surface area (Å²) in [4.78, 5) is 19.2. The van der Waals surface area contributed by atoms with Crippen LogP contribution in [-0.2, 0) is 9.53 Å². The molecule has 0 saturated carbocycles. The van der Waals surface area contributed by atoms with Crippen LogP contribution in [0, 0.1) is 38.0 Å². The Morgan fingerprint density at radius 1 is 1.22 bits per heavy atom. The van der Waals surface area contributed by atoms with Gasteiger partial charge in [0.2, 0.25) is 0 Å². The fourth-order valence-corrected chi connectivity index (χ4v) is 5.28. The molecule has 1 aromatic carbocycles. The maximum atomic E-state index is 12.9. The van der Waals surface area contributed by atoms with Crippen LogP contribution >= 0.6 is 11.3 Å². The van der Waals surface area contributed by atoms with Crippen molar-refractivity contribution in [3.8, 4) is 16.8 Å². The molecule has 1 aliphatic rings. The van der Waals surface area contributed by atoms with E-state index < -0.39 is 11.6 Å². The number of aliphatic imine (C=N–C) groups is 1. The van der Waals surface area contributed by atoms with Crippen molar-refractivity contribution in [3.05, 3.63) is 63.0 Å². The molecule has 0 fully saturated rings. The molecule has 0 radical (unpaired) electrons. The van der Waals surface area contributed by atoms with Crippen LogP contribution in [0.4, 0.5) is 0 Å². The van der Waals surface area contributed by atoms with Crippen molar-refractivity contribution in [2.45, 2.75) is 59.6 Å². The van der Waals surface area contributed by atoms with Crippen LogP contribution < -0.4 is 11.1 Å². The third kappa shape index (κ3) is 5.73. The maximum absolute atomic E-state index is 12.9. The number of carbonyl (C=O) groups is 1. The predicted molar refractivity (Wildman–Crippen MR) is 146 cm³/mol. The topological polar surface area (TPSA) is 131 Å². The lowest BCUT2D eigenvalue weighted by Crippen LogP contribution is -2.30. The Kier molecular flexibility index (Phi) is 7.18. The van der Waals surface area contributed by atoms with Crippen LogP contribution in [0.15, 0.2) is 29.3 Å². The number of nitrogens with one attached hydrogen (secondary N) is 2. The van der Waals surface area contributed by atoms with Crippen LogP contribution in [0.25, 0.3) is 5.00 Å². The number of thiophene rings is 1. The molecule has 0 bridgehead atoms. The number of rotatable bonds is 4. The molecule has 2 aromatic heterocycles. The smallest absolute Gasteiger partial charge is 0.308 e. The number of nitrogens with two attached hydrogens (primary N) is 1. The first-order chi connectivity index (χ1) is 17.4. The van der Waals surface area contributed by atoms with E-state index in [1.807, 2.05) is 56.5 Å². The van der Waals surface area contributed by atoms with Crippen molar-refractivity contribution in [3.63, 3.8) is 0 Å². The second-order valence-corrected chi connectivity index (χ2v) is 11.0. The molecular formula is C27H31N7O2S. The van der Waals surface area contributed by atoms with Gasteiger partial charge in [0.1, 0.15) is 22.5 Å². The van der Waals surface area contributed by atoms with Crippen LogP contribution in [0.1, 0.15) is 72.0 Å². The summed E-state index contributed by atoms with van der Waals surface area (Å²) in [7, 11) is 0. The normalized spacial score (nSPS) is 14.4. The number of nitrogens with zero attached hydrogens (tertiary/aromatic N) is 4. The summed E-state index contributed by atoms with van der Waals surface area (Å²) < 4.78 is 7.64. The number of benzene rings is 1. The number of aryl methyl sites for hydroxylation is 2. The molecule has 4 N–H and O–H groups in total. The summed E-state index contributed by atoms with van der Waals surface area (Å²) in [5, 5.41) is 19.6. The van der Waals surface area contributed by atoms with Crippen molar-refractivity contribution in [1.82, 2.24) is 20.1 Å². The predicted octanol–water partition coefficient (Wildman–Crippen LogP) is 3.71. The first-order valence-corrected chi connectivity index (χ1v) is 12.8. The van der Waals surface area contributed by atoms with Crippen molar-refractivity contribution in [1.29, 1.82) is 5.41 Å². The minimum absolute atomic E-state index is 0.0541. The first kappa shape index (κ1) is 26.1. The average molecular weight is 518 g/mol. The highest BCUT2D eigenvalue weighted by Gasteiger charge is 2.33. The molecule has 3 aromatic rings. The number of guanidine groups is 1. The van der Waals surface area contributed by atoms with Crippen LogP contribution in [0.3, 0.4) is 0 Å². The number of hydrogen-bond acceptors (Lipinski definition) is 7. The molecule has 0 aliphatic carbocycles. The molecule has 0 spiro atoms. The Hall–Kier alpha value is -3.97.